The number of benzene rings is 8. The van der Waals surface area contributed by atoms with Crippen LogP contribution in [0.3, 0.4) is 0 Å². The highest BCUT2D eigenvalue weighted by atomic mass is 19.4. The van der Waals surface area contributed by atoms with Gasteiger partial charge in [0, 0.05) is 27.1 Å². The highest BCUT2D eigenvalue weighted by Crippen LogP contribution is 2.49. The lowest BCUT2D eigenvalue weighted by molar-refractivity contribution is -0.137. The van der Waals surface area contributed by atoms with Crippen molar-refractivity contribution in [3.63, 3.8) is 0 Å². The Labute approximate surface area is 370 Å². The Hall–Kier alpha value is -9.40. The van der Waals surface area contributed by atoms with Gasteiger partial charge in [0.25, 0.3) is 0 Å². The van der Waals surface area contributed by atoms with Crippen LogP contribution in [0.4, 0.5) is 24.5 Å². The lowest BCUT2D eigenvalue weighted by Crippen LogP contribution is -2.10. The van der Waals surface area contributed by atoms with E-state index in [1.54, 1.807) is 49.4 Å². The van der Waals surface area contributed by atoms with Crippen LogP contribution in [0.1, 0.15) is 27.8 Å². The van der Waals surface area contributed by atoms with Crippen LogP contribution >= 0.6 is 0 Å². The number of nitriles is 3. The molecule has 0 aliphatic heterocycles. The lowest BCUT2D eigenvalue weighted by atomic mass is 9.92. The summed E-state index contributed by atoms with van der Waals surface area (Å²) in [6.07, 6.45) is -4.74. The van der Waals surface area contributed by atoms with Gasteiger partial charge in [0.2, 0.25) is 5.69 Å². The van der Waals surface area contributed by atoms with Crippen LogP contribution in [0.5, 0.6) is 0 Å². The van der Waals surface area contributed by atoms with Crippen LogP contribution in [0.2, 0.25) is 0 Å². The van der Waals surface area contributed by atoms with Crippen LogP contribution in [-0.2, 0) is 6.18 Å². The zero-order chi connectivity index (χ0) is 45.1. The molecule has 0 N–H and O–H groups in total. The lowest BCUT2D eigenvalue weighted by Gasteiger charge is -2.23. The van der Waals surface area contributed by atoms with E-state index in [1.165, 1.54) is 18.2 Å². The average molecular weight is 844 g/mol. The summed E-state index contributed by atoms with van der Waals surface area (Å²) in [5.74, 6) is 0. The summed E-state index contributed by atoms with van der Waals surface area (Å²) in [6.45, 7) is 18.4. The Kier molecular flexibility index (Phi) is 9.29. The summed E-state index contributed by atoms with van der Waals surface area (Å²) >= 11 is 0. The van der Waals surface area contributed by atoms with E-state index in [-0.39, 0.29) is 28.2 Å². The van der Waals surface area contributed by atoms with Crippen molar-refractivity contribution in [2.24, 2.45) is 0 Å². The molecule has 10 heteroatoms. The van der Waals surface area contributed by atoms with Crippen molar-refractivity contribution >= 4 is 55.0 Å². The van der Waals surface area contributed by atoms with E-state index in [9.17, 15) is 15.8 Å². The topological polar surface area (TPSA) is 90.0 Å². The fourth-order valence-electron chi connectivity index (χ4n) is 9.18. The summed E-state index contributed by atoms with van der Waals surface area (Å²) < 4.78 is 49.5. The summed E-state index contributed by atoms with van der Waals surface area (Å²) in [5.41, 5.74) is 6.91. The maximum atomic E-state index is 15.2. The predicted molar refractivity (Wildman–Crippen MR) is 248 cm³/mol. The third-order valence-electron chi connectivity index (χ3n) is 11.9. The first-order valence-electron chi connectivity index (χ1n) is 20.2. The Bertz CT molecular complexity index is 3840. The zero-order valence-corrected chi connectivity index (χ0v) is 34.2. The van der Waals surface area contributed by atoms with Gasteiger partial charge in [-0.1, -0.05) is 78.9 Å². The van der Waals surface area contributed by atoms with Gasteiger partial charge in [0.15, 0.2) is 5.69 Å². The maximum absolute atomic E-state index is 15.2. The molecule has 10 rings (SSSR count). The van der Waals surface area contributed by atoms with E-state index >= 15 is 13.2 Å². The Morgan fingerprint density at radius 2 is 1.05 bits per heavy atom. The molecule has 304 valence electrons. The van der Waals surface area contributed by atoms with Crippen LogP contribution in [-0.4, -0.2) is 9.13 Å². The molecule has 0 saturated heterocycles. The number of alkyl halides is 3. The second kappa shape index (κ2) is 15.2. The minimum atomic E-state index is -4.74. The highest BCUT2D eigenvalue weighted by Gasteiger charge is 2.36. The van der Waals surface area contributed by atoms with Crippen molar-refractivity contribution < 1.29 is 13.2 Å². The minimum Gasteiger partial charge on any atom is -0.319 e. The van der Waals surface area contributed by atoms with Crippen LogP contribution in [0.25, 0.3) is 98.1 Å². The number of rotatable bonds is 5. The van der Waals surface area contributed by atoms with Gasteiger partial charge in [0.05, 0.1) is 81.5 Å². The summed E-state index contributed by atoms with van der Waals surface area (Å²) in [6, 6.07) is 50.5. The quantitative estimate of drug-likeness (QED) is 0.162. The van der Waals surface area contributed by atoms with E-state index in [4.69, 9.17) is 13.1 Å². The van der Waals surface area contributed by atoms with E-state index in [0.717, 1.165) is 33.1 Å². The molecule has 0 aliphatic carbocycles. The molecule has 10 aromatic rings. The number of aromatic nitrogens is 2. The Morgan fingerprint density at radius 1 is 0.508 bits per heavy atom. The molecule has 2 aromatic heterocycles. The largest absolute Gasteiger partial charge is 0.417 e. The maximum Gasteiger partial charge on any atom is 0.417 e. The third kappa shape index (κ3) is 6.40. The molecule has 2 heterocycles. The van der Waals surface area contributed by atoms with E-state index < -0.39 is 11.7 Å². The SMILES string of the molecule is [C-]#[N+]c1cc(C#N)cc(-c2ccc3c4ccccc4n(-c4c(-c5c(C)cccc5C(F)(F)F)ccc(-n5c6ccccc6c6ccc(-c7cc(C#N)cc(C#N)c7)cc65)c4[N+]#[C-])c3c2)c1. The predicted octanol–water partition coefficient (Wildman–Crippen LogP) is 14.9. The number of nitrogens with zero attached hydrogens (tertiary/aromatic N) is 7. The zero-order valence-electron chi connectivity index (χ0n) is 34.2. The first-order valence-corrected chi connectivity index (χ1v) is 20.2. The molecule has 0 unspecified atom stereocenters. The molecule has 0 bridgehead atoms. The molecule has 0 amide bonds. The molecule has 8 aromatic carbocycles. The first-order chi connectivity index (χ1) is 31.5. The number of aryl methyl sites for hydroxylation is 1. The van der Waals surface area contributed by atoms with Crippen molar-refractivity contribution in [1.29, 1.82) is 15.8 Å². The molecule has 0 radical (unpaired) electrons. The van der Waals surface area contributed by atoms with Crippen molar-refractivity contribution in [2.75, 3.05) is 0 Å². The van der Waals surface area contributed by atoms with E-state index in [1.807, 2.05) is 94.1 Å². The molecule has 0 saturated carbocycles. The third-order valence-corrected chi connectivity index (χ3v) is 11.9. The van der Waals surface area contributed by atoms with Gasteiger partial charge in [-0.15, -0.1) is 0 Å². The monoisotopic (exact) mass is 843 g/mol. The second-order valence-corrected chi connectivity index (χ2v) is 15.6. The number of fused-ring (bicyclic) bond motifs is 6. The van der Waals surface area contributed by atoms with Crippen LogP contribution in [0.15, 0.2) is 152 Å². The normalized spacial score (nSPS) is 11.3. The van der Waals surface area contributed by atoms with Gasteiger partial charge in [-0.3, -0.25) is 0 Å². The van der Waals surface area contributed by atoms with Crippen molar-refractivity contribution in [1.82, 2.24) is 9.13 Å². The molecular weight excluding hydrogens is 816 g/mol. The number of hydrogen-bond donors (Lipinski definition) is 0. The summed E-state index contributed by atoms with van der Waals surface area (Å²) in [4.78, 5) is 7.84. The fraction of sp³-hybridized carbons (Fsp3) is 0.0364. The molecule has 0 atom stereocenters. The van der Waals surface area contributed by atoms with Crippen molar-refractivity contribution in [3.8, 4) is 63.0 Å². The van der Waals surface area contributed by atoms with Gasteiger partial charge >= 0.3 is 6.18 Å². The number of para-hydroxylation sites is 2. The molecular formula is C55H28F3N7. The Balaban J connectivity index is 1.36. The molecule has 0 fully saturated rings. The smallest absolute Gasteiger partial charge is 0.319 e. The minimum absolute atomic E-state index is 0.0628. The first kappa shape index (κ1) is 39.7. The molecule has 0 aliphatic rings. The number of hydrogen-bond acceptors (Lipinski definition) is 3. The average Bonchev–Trinajstić information content (AvgIpc) is 3.84. The van der Waals surface area contributed by atoms with E-state index in [2.05, 4.69) is 27.9 Å². The second-order valence-electron chi connectivity index (χ2n) is 15.6. The van der Waals surface area contributed by atoms with Gasteiger partial charge in [-0.05, 0) is 119 Å². The van der Waals surface area contributed by atoms with Crippen molar-refractivity contribution in [3.05, 3.63) is 202 Å². The highest BCUT2D eigenvalue weighted by molar-refractivity contribution is 6.13. The van der Waals surface area contributed by atoms with Gasteiger partial charge < -0.3 is 9.13 Å². The van der Waals surface area contributed by atoms with Crippen molar-refractivity contribution in [2.45, 2.75) is 13.1 Å². The van der Waals surface area contributed by atoms with E-state index in [0.29, 0.717) is 66.7 Å². The fourth-order valence-corrected chi connectivity index (χ4v) is 9.18. The standard InChI is InChI=1S/C55H28F3N7/c1-32-9-8-12-46(55(56,57)58)52(32)45-19-20-49(64-47-13-6-4-10-41(47)43-17-15-36(27-50(43)64)38-22-33(29-59)21-34(23-38)30-60)53(63-3)54(45)65-48-14-7-5-11-42(48)44-18-16-37(28-51(44)65)39-24-35(31-61)25-40(26-39)62-2/h4-28H,1H3. The Morgan fingerprint density at radius 3 is 1.62 bits per heavy atom. The van der Waals surface area contributed by atoms with Crippen LogP contribution in [0, 0.1) is 54.1 Å². The molecule has 7 nitrogen and oxygen atoms in total. The summed E-state index contributed by atoms with van der Waals surface area (Å²) in [7, 11) is 0. The summed E-state index contributed by atoms with van der Waals surface area (Å²) in [5, 5.41) is 32.8. The molecule has 0 spiro atoms. The van der Waals surface area contributed by atoms with Gasteiger partial charge in [-0.25, -0.2) is 9.69 Å². The number of halogens is 3. The van der Waals surface area contributed by atoms with Gasteiger partial charge in [0.1, 0.15) is 0 Å². The molecule has 65 heavy (non-hydrogen) atoms. The van der Waals surface area contributed by atoms with Gasteiger partial charge in [-0.2, -0.15) is 29.0 Å². The van der Waals surface area contributed by atoms with Crippen LogP contribution < -0.4 is 0 Å².